The first-order chi connectivity index (χ1) is 17.6. The van der Waals surface area contributed by atoms with Gasteiger partial charge in [-0.1, -0.05) is 42.5 Å². The first-order valence-electron chi connectivity index (χ1n) is 12.4. The van der Waals surface area contributed by atoms with Gasteiger partial charge < -0.3 is 9.64 Å². The van der Waals surface area contributed by atoms with Gasteiger partial charge in [-0.05, 0) is 53.8 Å². The van der Waals surface area contributed by atoms with Gasteiger partial charge in [-0.15, -0.1) is 0 Å². The first-order valence-corrected chi connectivity index (χ1v) is 12.4. The number of hydrazone groups is 1. The molecule has 0 spiro atoms. The molecule has 2 atom stereocenters. The predicted molar refractivity (Wildman–Crippen MR) is 137 cm³/mol. The van der Waals surface area contributed by atoms with Crippen molar-refractivity contribution in [3.05, 3.63) is 95.8 Å². The summed E-state index contributed by atoms with van der Waals surface area (Å²) in [4.78, 5) is 32.6. The summed E-state index contributed by atoms with van der Waals surface area (Å²) in [5.41, 5.74) is 3.95. The Balaban J connectivity index is 1.31. The molecule has 1 saturated heterocycles. The quantitative estimate of drug-likeness (QED) is 0.480. The van der Waals surface area contributed by atoms with Crippen LogP contribution in [0.15, 0.2) is 84.2 Å². The van der Waals surface area contributed by atoms with Gasteiger partial charge in [-0.3, -0.25) is 14.6 Å². The smallest absolute Gasteiger partial charge is 0.243 e. The van der Waals surface area contributed by atoms with Gasteiger partial charge in [-0.2, -0.15) is 5.10 Å². The molecule has 0 radical (unpaired) electrons. The van der Waals surface area contributed by atoms with Gasteiger partial charge in [0, 0.05) is 38.2 Å². The van der Waals surface area contributed by atoms with E-state index in [4.69, 9.17) is 9.84 Å². The molecule has 0 N–H and O–H groups in total. The second-order valence-corrected chi connectivity index (χ2v) is 9.17. The zero-order valence-corrected chi connectivity index (χ0v) is 20.4. The lowest BCUT2D eigenvalue weighted by Gasteiger charge is -2.26. The summed E-state index contributed by atoms with van der Waals surface area (Å²) >= 11 is 0. The van der Waals surface area contributed by atoms with Crippen LogP contribution >= 0.6 is 0 Å². The number of hydrogen-bond donors (Lipinski definition) is 0. The average molecular weight is 483 g/mol. The number of benzene rings is 2. The van der Waals surface area contributed by atoms with Crippen molar-refractivity contribution in [1.29, 1.82) is 0 Å². The second kappa shape index (κ2) is 10.7. The van der Waals surface area contributed by atoms with Crippen LogP contribution in [0.4, 0.5) is 0 Å². The third kappa shape index (κ3) is 5.00. The number of carbonyl (C=O) groups is 2. The fourth-order valence-corrected chi connectivity index (χ4v) is 5.10. The van der Waals surface area contributed by atoms with Crippen molar-refractivity contribution in [2.24, 2.45) is 5.10 Å². The first kappa shape index (κ1) is 23.7. The van der Waals surface area contributed by atoms with E-state index in [0.717, 1.165) is 41.0 Å². The van der Waals surface area contributed by atoms with Crippen molar-refractivity contribution in [2.75, 3.05) is 13.7 Å². The zero-order chi connectivity index (χ0) is 24.9. The van der Waals surface area contributed by atoms with Gasteiger partial charge in [-0.25, -0.2) is 5.01 Å². The van der Waals surface area contributed by atoms with Gasteiger partial charge in [0.2, 0.25) is 11.8 Å². The molecule has 36 heavy (non-hydrogen) atoms. The van der Waals surface area contributed by atoms with Crippen LogP contribution in [0.5, 0.6) is 5.75 Å². The SMILES string of the molecule is COc1ccc(C2CC(c3ccccc3)=NN2C(=O)CCC(=O)N2CCCC2c2ccncc2)cc1. The molecule has 5 rings (SSSR count). The Bertz CT molecular complexity index is 1230. The van der Waals surface area contributed by atoms with Crippen LogP contribution in [0.1, 0.15) is 60.9 Å². The van der Waals surface area contributed by atoms with Gasteiger partial charge in [0.05, 0.1) is 24.9 Å². The van der Waals surface area contributed by atoms with E-state index in [1.54, 1.807) is 24.5 Å². The van der Waals surface area contributed by atoms with Gasteiger partial charge in [0.15, 0.2) is 0 Å². The fourth-order valence-electron chi connectivity index (χ4n) is 5.10. The molecule has 7 nitrogen and oxygen atoms in total. The molecule has 184 valence electrons. The van der Waals surface area contributed by atoms with Crippen molar-refractivity contribution < 1.29 is 14.3 Å². The summed E-state index contributed by atoms with van der Waals surface area (Å²) in [5.74, 6) is 0.628. The highest BCUT2D eigenvalue weighted by Gasteiger charge is 2.34. The maximum absolute atomic E-state index is 13.4. The molecule has 1 fully saturated rings. The van der Waals surface area contributed by atoms with E-state index in [-0.39, 0.29) is 36.7 Å². The number of hydrogen-bond acceptors (Lipinski definition) is 5. The molecule has 2 amide bonds. The minimum atomic E-state index is -0.218. The number of rotatable bonds is 7. The summed E-state index contributed by atoms with van der Waals surface area (Å²) in [6.45, 7) is 0.717. The van der Waals surface area contributed by atoms with Crippen molar-refractivity contribution >= 4 is 17.5 Å². The van der Waals surface area contributed by atoms with Crippen LogP contribution in [0.2, 0.25) is 0 Å². The van der Waals surface area contributed by atoms with Crippen LogP contribution < -0.4 is 4.74 Å². The Morgan fingerprint density at radius 1 is 0.889 bits per heavy atom. The van der Waals surface area contributed by atoms with Crippen LogP contribution in [0.3, 0.4) is 0 Å². The van der Waals surface area contributed by atoms with Crippen molar-refractivity contribution in [3.63, 3.8) is 0 Å². The summed E-state index contributed by atoms with van der Waals surface area (Å²) in [5, 5.41) is 6.31. The van der Waals surface area contributed by atoms with Gasteiger partial charge >= 0.3 is 0 Å². The molecule has 2 unspecified atom stereocenters. The molecular formula is C29H30N4O3. The largest absolute Gasteiger partial charge is 0.497 e. The second-order valence-electron chi connectivity index (χ2n) is 9.17. The monoisotopic (exact) mass is 482 g/mol. The number of likely N-dealkylation sites (tertiary alicyclic amines) is 1. The van der Waals surface area contributed by atoms with E-state index >= 15 is 0 Å². The number of carbonyl (C=O) groups excluding carboxylic acids is 2. The van der Waals surface area contributed by atoms with Gasteiger partial charge in [0.25, 0.3) is 0 Å². The van der Waals surface area contributed by atoms with Crippen molar-refractivity contribution in [3.8, 4) is 5.75 Å². The Morgan fingerprint density at radius 2 is 1.58 bits per heavy atom. The third-order valence-electron chi connectivity index (χ3n) is 6.99. The molecule has 0 aliphatic carbocycles. The number of pyridine rings is 1. The van der Waals surface area contributed by atoms with E-state index in [1.807, 2.05) is 71.6 Å². The van der Waals surface area contributed by atoms with Crippen LogP contribution in [-0.2, 0) is 9.59 Å². The van der Waals surface area contributed by atoms with E-state index in [1.165, 1.54) is 0 Å². The lowest BCUT2D eigenvalue weighted by Crippen LogP contribution is -2.32. The van der Waals surface area contributed by atoms with E-state index in [9.17, 15) is 9.59 Å². The molecule has 1 aromatic heterocycles. The van der Waals surface area contributed by atoms with E-state index in [0.29, 0.717) is 13.0 Å². The lowest BCUT2D eigenvalue weighted by molar-refractivity contribution is -0.138. The Morgan fingerprint density at radius 3 is 2.31 bits per heavy atom. The minimum Gasteiger partial charge on any atom is -0.497 e. The number of methoxy groups -OCH3 is 1. The highest BCUT2D eigenvalue weighted by atomic mass is 16.5. The topological polar surface area (TPSA) is 75.1 Å². The number of nitrogens with zero attached hydrogens (tertiary/aromatic N) is 4. The van der Waals surface area contributed by atoms with E-state index < -0.39 is 0 Å². The molecule has 2 aliphatic rings. The number of ether oxygens (including phenoxy) is 1. The Labute approximate surface area is 211 Å². The summed E-state index contributed by atoms with van der Waals surface area (Å²) in [7, 11) is 1.63. The fraction of sp³-hybridized carbons (Fsp3) is 0.310. The molecular weight excluding hydrogens is 452 g/mol. The molecule has 2 aromatic carbocycles. The average Bonchev–Trinajstić information content (AvgIpc) is 3.61. The standard InChI is InChI=1S/C29H30N4O3/c1-36-24-11-9-22(10-12-24)27-20-25(21-6-3-2-4-7-21)31-33(27)29(35)14-13-28(34)32-19-5-8-26(32)23-15-17-30-18-16-23/h2-4,6-7,9-12,15-18,26-27H,5,8,13-14,19-20H2,1H3. The Kier molecular flexibility index (Phi) is 7.07. The molecule has 0 saturated carbocycles. The maximum atomic E-state index is 13.4. The Hall–Kier alpha value is -4.00. The highest BCUT2D eigenvalue weighted by molar-refractivity contribution is 6.03. The molecule has 7 heteroatoms. The van der Waals surface area contributed by atoms with Crippen molar-refractivity contribution in [1.82, 2.24) is 14.9 Å². The summed E-state index contributed by atoms with van der Waals surface area (Å²) in [6.07, 6.45) is 6.32. The molecule has 2 aliphatic heterocycles. The summed E-state index contributed by atoms with van der Waals surface area (Å²) < 4.78 is 5.30. The summed E-state index contributed by atoms with van der Waals surface area (Å²) in [6, 6.07) is 21.4. The van der Waals surface area contributed by atoms with Crippen LogP contribution in [-0.4, -0.2) is 46.1 Å². The van der Waals surface area contributed by atoms with Crippen LogP contribution in [0.25, 0.3) is 0 Å². The number of amides is 2. The minimum absolute atomic E-state index is 0.00937. The molecule has 0 bridgehead atoms. The zero-order valence-electron chi connectivity index (χ0n) is 20.4. The highest BCUT2D eigenvalue weighted by Crippen LogP contribution is 2.35. The third-order valence-corrected chi connectivity index (χ3v) is 6.99. The lowest BCUT2D eigenvalue weighted by atomic mass is 9.98. The molecule has 3 aromatic rings. The molecule has 3 heterocycles. The van der Waals surface area contributed by atoms with Crippen LogP contribution in [0, 0.1) is 0 Å². The normalized spacial score (nSPS) is 19.3. The van der Waals surface area contributed by atoms with Crippen molar-refractivity contribution in [2.45, 2.75) is 44.2 Å². The van der Waals surface area contributed by atoms with E-state index in [2.05, 4.69) is 4.98 Å². The number of aromatic nitrogens is 1. The predicted octanol–water partition coefficient (Wildman–Crippen LogP) is 4.91. The van der Waals surface area contributed by atoms with Gasteiger partial charge in [0.1, 0.15) is 5.75 Å². The maximum Gasteiger partial charge on any atom is 0.243 e.